The van der Waals surface area contributed by atoms with Crippen LogP contribution in [0.15, 0.2) is 35.5 Å². The van der Waals surface area contributed by atoms with E-state index in [-0.39, 0.29) is 6.54 Å². The minimum Gasteiger partial charge on any atom is -0.347 e. The largest absolute Gasteiger partial charge is 0.347 e. The Balaban J connectivity index is 2.21. The van der Waals surface area contributed by atoms with E-state index in [9.17, 15) is 22.9 Å². The number of halogens is 1. The molecule has 0 saturated carbocycles. The Morgan fingerprint density at radius 1 is 1.45 bits per heavy atom. The van der Waals surface area contributed by atoms with Crippen LogP contribution in [0.4, 0.5) is 10.1 Å². The molecule has 1 aromatic carbocycles. The molecule has 0 aliphatic heterocycles. The first-order chi connectivity index (χ1) is 9.40. The Bertz CT molecular complexity index is 730. The van der Waals surface area contributed by atoms with Gasteiger partial charge in [-0.2, -0.15) is 4.39 Å². The number of nitro benzene ring substituents is 1. The average Bonchev–Trinajstić information content (AvgIpc) is 2.89. The van der Waals surface area contributed by atoms with Gasteiger partial charge in [0.1, 0.15) is 5.82 Å². The fraction of sp³-hybridized carbons (Fsp3) is 0.100. The number of hydrogen-bond donors (Lipinski definition) is 2. The van der Waals surface area contributed by atoms with E-state index in [1.165, 1.54) is 12.4 Å². The molecule has 2 aromatic rings. The third kappa shape index (κ3) is 2.97. The molecule has 0 saturated heterocycles. The van der Waals surface area contributed by atoms with Crippen LogP contribution in [0.2, 0.25) is 0 Å². The third-order valence-electron chi connectivity index (χ3n) is 2.41. The van der Waals surface area contributed by atoms with E-state index in [1.807, 2.05) is 0 Å². The van der Waals surface area contributed by atoms with Crippen LogP contribution in [0.25, 0.3) is 0 Å². The van der Waals surface area contributed by atoms with Gasteiger partial charge in [0.15, 0.2) is 0 Å². The maximum atomic E-state index is 13.4. The lowest BCUT2D eigenvalue weighted by atomic mass is 10.3. The topological polar surface area (TPSA) is 118 Å². The molecule has 0 amide bonds. The van der Waals surface area contributed by atoms with Crippen LogP contribution in [0.3, 0.4) is 0 Å². The SMILES string of the molecule is O=[N+]([O-])c1ccc(S(=O)(=O)NCc2ncc[nH]2)cc1F. The van der Waals surface area contributed by atoms with E-state index in [0.29, 0.717) is 11.9 Å². The van der Waals surface area contributed by atoms with Crippen LogP contribution in [-0.4, -0.2) is 23.3 Å². The van der Waals surface area contributed by atoms with Crippen molar-refractivity contribution in [1.29, 1.82) is 0 Å². The van der Waals surface area contributed by atoms with Crippen LogP contribution < -0.4 is 4.72 Å². The van der Waals surface area contributed by atoms with Crippen molar-refractivity contribution in [2.45, 2.75) is 11.4 Å². The summed E-state index contributed by atoms with van der Waals surface area (Å²) < 4.78 is 39.3. The quantitative estimate of drug-likeness (QED) is 0.629. The first-order valence-electron chi connectivity index (χ1n) is 5.32. The Morgan fingerprint density at radius 2 is 2.20 bits per heavy atom. The summed E-state index contributed by atoms with van der Waals surface area (Å²) >= 11 is 0. The Morgan fingerprint density at radius 3 is 2.75 bits per heavy atom. The molecule has 1 heterocycles. The molecule has 0 aliphatic rings. The number of hydrogen-bond acceptors (Lipinski definition) is 5. The summed E-state index contributed by atoms with van der Waals surface area (Å²) in [4.78, 5) is 15.6. The number of rotatable bonds is 5. The van der Waals surface area contributed by atoms with Crippen LogP contribution in [0.1, 0.15) is 5.82 Å². The fourth-order valence-electron chi connectivity index (χ4n) is 1.44. The Labute approximate surface area is 112 Å². The summed E-state index contributed by atoms with van der Waals surface area (Å²) in [7, 11) is -3.97. The van der Waals surface area contributed by atoms with Gasteiger partial charge in [-0.25, -0.2) is 18.1 Å². The van der Waals surface area contributed by atoms with Gasteiger partial charge < -0.3 is 4.98 Å². The summed E-state index contributed by atoms with van der Waals surface area (Å²) in [6, 6.07) is 2.37. The maximum absolute atomic E-state index is 13.4. The van der Waals surface area contributed by atoms with E-state index in [1.54, 1.807) is 0 Å². The molecule has 0 aliphatic carbocycles. The second-order valence-electron chi connectivity index (χ2n) is 3.73. The Kier molecular flexibility index (Phi) is 3.77. The number of nitrogens with one attached hydrogen (secondary N) is 2. The second-order valence-corrected chi connectivity index (χ2v) is 5.50. The summed E-state index contributed by atoms with van der Waals surface area (Å²) in [6.07, 6.45) is 2.98. The molecule has 10 heteroatoms. The number of nitro groups is 1. The van der Waals surface area contributed by atoms with Gasteiger partial charge in [-0.05, 0) is 6.07 Å². The van der Waals surface area contributed by atoms with Crippen LogP contribution in [0, 0.1) is 15.9 Å². The van der Waals surface area contributed by atoms with Crippen molar-refractivity contribution in [2.24, 2.45) is 0 Å². The molecule has 0 radical (unpaired) electrons. The predicted molar refractivity (Wildman–Crippen MR) is 65.7 cm³/mol. The molecule has 0 unspecified atom stereocenters. The molecule has 0 atom stereocenters. The molecule has 0 spiro atoms. The van der Waals surface area contributed by atoms with Crippen LogP contribution in [0.5, 0.6) is 0 Å². The monoisotopic (exact) mass is 300 g/mol. The highest BCUT2D eigenvalue weighted by Crippen LogP contribution is 2.20. The van der Waals surface area contributed by atoms with Gasteiger partial charge in [0.05, 0.1) is 16.4 Å². The molecular weight excluding hydrogens is 291 g/mol. The van der Waals surface area contributed by atoms with E-state index >= 15 is 0 Å². The summed E-state index contributed by atoms with van der Waals surface area (Å²) in [5.74, 6) is -0.827. The van der Waals surface area contributed by atoms with Crippen molar-refractivity contribution in [3.63, 3.8) is 0 Å². The maximum Gasteiger partial charge on any atom is 0.304 e. The van der Waals surface area contributed by atoms with E-state index in [2.05, 4.69) is 14.7 Å². The number of nitrogens with zero attached hydrogens (tertiary/aromatic N) is 2. The molecule has 106 valence electrons. The molecular formula is C10H9FN4O4S. The zero-order valence-electron chi connectivity index (χ0n) is 9.91. The molecule has 0 fully saturated rings. The normalized spacial score (nSPS) is 11.4. The first-order valence-corrected chi connectivity index (χ1v) is 6.80. The van der Waals surface area contributed by atoms with Crippen molar-refractivity contribution in [3.8, 4) is 0 Å². The highest BCUT2D eigenvalue weighted by atomic mass is 32.2. The molecule has 1 aromatic heterocycles. The van der Waals surface area contributed by atoms with Gasteiger partial charge in [0, 0.05) is 24.5 Å². The van der Waals surface area contributed by atoms with Crippen molar-refractivity contribution in [1.82, 2.24) is 14.7 Å². The van der Waals surface area contributed by atoms with Gasteiger partial charge in [0.25, 0.3) is 0 Å². The summed E-state index contributed by atoms with van der Waals surface area (Å²) in [6.45, 7) is -0.103. The number of H-pyrrole nitrogens is 1. The van der Waals surface area contributed by atoms with E-state index in [0.717, 1.165) is 12.1 Å². The lowest BCUT2D eigenvalue weighted by Gasteiger charge is -2.05. The zero-order chi connectivity index (χ0) is 14.8. The Hall–Kier alpha value is -2.33. The number of benzene rings is 1. The number of sulfonamides is 1. The van der Waals surface area contributed by atoms with Crippen LogP contribution in [-0.2, 0) is 16.6 Å². The average molecular weight is 300 g/mol. The second kappa shape index (κ2) is 5.35. The molecule has 2 rings (SSSR count). The number of aromatic nitrogens is 2. The third-order valence-corrected chi connectivity index (χ3v) is 3.81. The first kappa shape index (κ1) is 14.1. The molecule has 2 N–H and O–H groups in total. The lowest BCUT2D eigenvalue weighted by molar-refractivity contribution is -0.387. The van der Waals surface area contributed by atoms with Gasteiger partial charge in [-0.1, -0.05) is 0 Å². The highest BCUT2D eigenvalue weighted by Gasteiger charge is 2.20. The van der Waals surface area contributed by atoms with Gasteiger partial charge in [-0.15, -0.1) is 0 Å². The molecule has 20 heavy (non-hydrogen) atoms. The minimum atomic E-state index is -3.97. The van der Waals surface area contributed by atoms with Crippen LogP contribution >= 0.6 is 0 Å². The summed E-state index contributed by atoms with van der Waals surface area (Å²) in [5.41, 5.74) is -0.782. The molecule has 0 bridgehead atoms. The standard InChI is InChI=1S/C10H9FN4O4S/c11-8-5-7(1-2-9(8)15(16)17)20(18,19)14-6-10-12-3-4-13-10/h1-5,14H,6H2,(H,12,13). The van der Waals surface area contributed by atoms with Crippen molar-refractivity contribution in [3.05, 3.63) is 52.3 Å². The fourth-order valence-corrected chi connectivity index (χ4v) is 2.44. The zero-order valence-corrected chi connectivity index (χ0v) is 10.7. The van der Waals surface area contributed by atoms with Gasteiger partial charge in [-0.3, -0.25) is 10.1 Å². The summed E-state index contributed by atoms with van der Waals surface area (Å²) in [5, 5.41) is 10.5. The smallest absolute Gasteiger partial charge is 0.304 e. The van der Waals surface area contributed by atoms with E-state index in [4.69, 9.17) is 0 Å². The molecule has 8 nitrogen and oxygen atoms in total. The van der Waals surface area contributed by atoms with Gasteiger partial charge in [0.2, 0.25) is 15.8 Å². The van der Waals surface area contributed by atoms with Crippen molar-refractivity contribution in [2.75, 3.05) is 0 Å². The van der Waals surface area contributed by atoms with Crippen molar-refractivity contribution < 1.29 is 17.7 Å². The predicted octanol–water partition coefficient (Wildman–Crippen LogP) is 0.935. The van der Waals surface area contributed by atoms with Crippen molar-refractivity contribution >= 4 is 15.7 Å². The minimum absolute atomic E-state index is 0.103. The van der Waals surface area contributed by atoms with Gasteiger partial charge >= 0.3 is 5.69 Å². The highest BCUT2D eigenvalue weighted by molar-refractivity contribution is 7.89. The lowest BCUT2D eigenvalue weighted by Crippen LogP contribution is -2.24. The number of aromatic amines is 1. The number of imidazole rings is 1. The van der Waals surface area contributed by atoms with E-state index < -0.39 is 31.3 Å².